The maximum absolute atomic E-state index is 12.6. The molecule has 1 fully saturated rings. The second-order valence-electron chi connectivity index (χ2n) is 5.63. The van der Waals surface area contributed by atoms with Gasteiger partial charge < -0.3 is 16.0 Å². The molecule has 0 bridgehead atoms. The SMILES string of the molecule is C[C@H]1CN(C(=O)c2cc(C(N)=O)n(-c3ccccc3)n2)CCN1. The summed E-state index contributed by atoms with van der Waals surface area (Å²) in [6, 6.07) is 10.8. The fourth-order valence-electron chi connectivity index (χ4n) is 2.71. The van der Waals surface area contributed by atoms with Crippen LogP contribution in [0.25, 0.3) is 5.69 Å². The zero-order chi connectivity index (χ0) is 16.4. The van der Waals surface area contributed by atoms with Gasteiger partial charge in [0, 0.05) is 31.7 Å². The summed E-state index contributed by atoms with van der Waals surface area (Å²) in [6.45, 7) is 4.00. The maximum atomic E-state index is 12.6. The van der Waals surface area contributed by atoms with Gasteiger partial charge in [-0.15, -0.1) is 0 Å². The van der Waals surface area contributed by atoms with Crippen LogP contribution in [0.1, 0.15) is 27.9 Å². The van der Waals surface area contributed by atoms with E-state index >= 15 is 0 Å². The summed E-state index contributed by atoms with van der Waals surface area (Å²) in [5, 5.41) is 7.59. The minimum Gasteiger partial charge on any atom is -0.364 e. The summed E-state index contributed by atoms with van der Waals surface area (Å²) in [5.41, 5.74) is 6.55. The Morgan fingerprint density at radius 3 is 2.70 bits per heavy atom. The molecular formula is C16H19N5O2. The molecule has 7 heteroatoms. The number of hydrogen-bond donors (Lipinski definition) is 2. The number of primary amides is 1. The van der Waals surface area contributed by atoms with E-state index in [9.17, 15) is 9.59 Å². The van der Waals surface area contributed by atoms with Gasteiger partial charge in [0.1, 0.15) is 5.69 Å². The van der Waals surface area contributed by atoms with Gasteiger partial charge >= 0.3 is 0 Å². The molecule has 0 saturated carbocycles. The van der Waals surface area contributed by atoms with Crippen LogP contribution in [0.15, 0.2) is 36.4 Å². The lowest BCUT2D eigenvalue weighted by atomic mass is 10.2. The van der Waals surface area contributed by atoms with Crippen LogP contribution in [-0.2, 0) is 0 Å². The van der Waals surface area contributed by atoms with Crippen molar-refractivity contribution in [2.75, 3.05) is 19.6 Å². The van der Waals surface area contributed by atoms with Crippen molar-refractivity contribution in [2.45, 2.75) is 13.0 Å². The van der Waals surface area contributed by atoms with Crippen molar-refractivity contribution >= 4 is 11.8 Å². The molecule has 0 aliphatic carbocycles. The number of hydrogen-bond acceptors (Lipinski definition) is 4. The van der Waals surface area contributed by atoms with E-state index in [2.05, 4.69) is 10.4 Å². The first-order chi connectivity index (χ1) is 11.1. The second-order valence-corrected chi connectivity index (χ2v) is 5.63. The van der Waals surface area contributed by atoms with E-state index in [0.29, 0.717) is 18.8 Å². The molecule has 1 aromatic heterocycles. The number of para-hydroxylation sites is 1. The minimum atomic E-state index is -0.617. The Morgan fingerprint density at radius 1 is 1.30 bits per heavy atom. The van der Waals surface area contributed by atoms with Gasteiger partial charge in [0.25, 0.3) is 11.8 Å². The highest BCUT2D eigenvalue weighted by atomic mass is 16.2. The molecular weight excluding hydrogens is 294 g/mol. The van der Waals surface area contributed by atoms with E-state index in [4.69, 9.17) is 5.73 Å². The van der Waals surface area contributed by atoms with Crippen molar-refractivity contribution in [3.05, 3.63) is 47.8 Å². The number of carbonyl (C=O) groups is 2. The average Bonchev–Trinajstić information content (AvgIpc) is 3.00. The Kier molecular flexibility index (Phi) is 4.12. The van der Waals surface area contributed by atoms with Crippen molar-refractivity contribution in [2.24, 2.45) is 5.73 Å². The van der Waals surface area contributed by atoms with Crippen molar-refractivity contribution in [1.82, 2.24) is 20.0 Å². The topological polar surface area (TPSA) is 93.2 Å². The average molecular weight is 313 g/mol. The number of nitrogens with zero attached hydrogens (tertiary/aromatic N) is 3. The van der Waals surface area contributed by atoms with Crippen LogP contribution in [0.5, 0.6) is 0 Å². The molecule has 3 N–H and O–H groups in total. The smallest absolute Gasteiger partial charge is 0.274 e. The third kappa shape index (κ3) is 3.09. The number of nitrogens with two attached hydrogens (primary N) is 1. The van der Waals surface area contributed by atoms with Gasteiger partial charge in [-0.3, -0.25) is 9.59 Å². The summed E-state index contributed by atoms with van der Waals surface area (Å²) < 4.78 is 1.42. The first-order valence-corrected chi connectivity index (χ1v) is 7.54. The number of nitrogens with one attached hydrogen (secondary N) is 1. The van der Waals surface area contributed by atoms with Gasteiger partial charge in [0.05, 0.1) is 5.69 Å². The van der Waals surface area contributed by atoms with E-state index in [1.54, 1.807) is 17.0 Å². The summed E-state index contributed by atoms with van der Waals surface area (Å²) in [5.74, 6) is -0.801. The molecule has 2 heterocycles. The van der Waals surface area contributed by atoms with Crippen LogP contribution < -0.4 is 11.1 Å². The molecule has 23 heavy (non-hydrogen) atoms. The van der Waals surface area contributed by atoms with E-state index in [-0.39, 0.29) is 23.3 Å². The summed E-state index contributed by atoms with van der Waals surface area (Å²) >= 11 is 0. The molecule has 0 unspecified atom stereocenters. The van der Waals surface area contributed by atoms with Crippen LogP contribution in [0.3, 0.4) is 0 Å². The Morgan fingerprint density at radius 2 is 2.04 bits per heavy atom. The zero-order valence-electron chi connectivity index (χ0n) is 12.9. The fourth-order valence-corrected chi connectivity index (χ4v) is 2.71. The van der Waals surface area contributed by atoms with Gasteiger partial charge in [-0.1, -0.05) is 18.2 Å². The van der Waals surface area contributed by atoms with Crippen molar-refractivity contribution in [3.63, 3.8) is 0 Å². The first kappa shape index (κ1) is 15.2. The lowest BCUT2D eigenvalue weighted by Gasteiger charge is -2.31. The molecule has 1 aliphatic rings. The molecule has 120 valence electrons. The molecule has 1 saturated heterocycles. The number of aromatic nitrogens is 2. The fraction of sp³-hybridized carbons (Fsp3) is 0.312. The van der Waals surface area contributed by atoms with E-state index in [0.717, 1.165) is 6.54 Å². The Hall–Kier alpha value is -2.67. The number of piperazine rings is 1. The summed E-state index contributed by atoms with van der Waals surface area (Å²) in [6.07, 6.45) is 0. The largest absolute Gasteiger partial charge is 0.364 e. The monoisotopic (exact) mass is 313 g/mol. The number of benzene rings is 1. The van der Waals surface area contributed by atoms with Crippen molar-refractivity contribution in [1.29, 1.82) is 0 Å². The zero-order valence-corrected chi connectivity index (χ0v) is 12.9. The standard InChI is InChI=1S/C16H19N5O2/c1-11-10-20(8-7-18-11)16(23)13-9-14(15(17)22)21(19-13)12-5-3-2-4-6-12/h2-6,9,11,18H,7-8,10H2,1H3,(H2,17,22)/t11-/m0/s1. The van der Waals surface area contributed by atoms with Crippen molar-refractivity contribution < 1.29 is 9.59 Å². The quantitative estimate of drug-likeness (QED) is 0.858. The van der Waals surface area contributed by atoms with Crippen molar-refractivity contribution in [3.8, 4) is 5.69 Å². The van der Waals surface area contributed by atoms with Crippen LogP contribution in [0.4, 0.5) is 0 Å². The Balaban J connectivity index is 1.95. The lowest BCUT2D eigenvalue weighted by molar-refractivity contribution is 0.0702. The molecule has 2 aromatic rings. The second kappa shape index (κ2) is 6.21. The Labute approximate surface area is 134 Å². The molecule has 3 rings (SSSR count). The summed E-state index contributed by atoms with van der Waals surface area (Å²) in [7, 11) is 0. The predicted octanol–water partition coefficient (Wildman–Crippen LogP) is 0.405. The van der Waals surface area contributed by atoms with Gasteiger partial charge in [0.15, 0.2) is 5.69 Å². The third-order valence-electron chi connectivity index (χ3n) is 3.84. The summed E-state index contributed by atoms with van der Waals surface area (Å²) in [4.78, 5) is 26.1. The predicted molar refractivity (Wildman–Crippen MR) is 85.5 cm³/mol. The van der Waals surface area contributed by atoms with Gasteiger partial charge in [-0.25, -0.2) is 4.68 Å². The Bertz CT molecular complexity index is 725. The normalized spacial score (nSPS) is 18.0. The molecule has 1 aromatic carbocycles. The van der Waals surface area contributed by atoms with E-state index in [1.165, 1.54) is 10.7 Å². The van der Waals surface area contributed by atoms with E-state index < -0.39 is 5.91 Å². The number of rotatable bonds is 3. The lowest BCUT2D eigenvalue weighted by Crippen LogP contribution is -2.51. The molecule has 0 spiro atoms. The number of carbonyl (C=O) groups excluding carboxylic acids is 2. The minimum absolute atomic E-state index is 0.185. The van der Waals surface area contributed by atoms with Gasteiger partial charge in [0.2, 0.25) is 0 Å². The molecule has 7 nitrogen and oxygen atoms in total. The molecule has 1 aliphatic heterocycles. The highest BCUT2D eigenvalue weighted by Gasteiger charge is 2.25. The number of amides is 2. The maximum Gasteiger partial charge on any atom is 0.274 e. The van der Waals surface area contributed by atoms with Crippen LogP contribution >= 0.6 is 0 Å². The van der Waals surface area contributed by atoms with Gasteiger partial charge in [-0.2, -0.15) is 5.10 Å². The van der Waals surface area contributed by atoms with E-state index in [1.807, 2.05) is 25.1 Å². The highest BCUT2D eigenvalue weighted by molar-refractivity contribution is 5.97. The molecule has 1 atom stereocenters. The first-order valence-electron chi connectivity index (χ1n) is 7.54. The highest BCUT2D eigenvalue weighted by Crippen LogP contribution is 2.14. The van der Waals surface area contributed by atoms with Crippen LogP contribution in [0.2, 0.25) is 0 Å². The van der Waals surface area contributed by atoms with Crippen LogP contribution in [0, 0.1) is 0 Å². The third-order valence-corrected chi connectivity index (χ3v) is 3.84. The molecule has 0 radical (unpaired) electrons. The molecule has 2 amide bonds. The van der Waals surface area contributed by atoms with Gasteiger partial charge in [-0.05, 0) is 19.1 Å². The van der Waals surface area contributed by atoms with Crippen LogP contribution in [-0.4, -0.2) is 52.2 Å².